The zero-order valence-electron chi connectivity index (χ0n) is 15.8. The molecule has 8 nitrogen and oxygen atoms in total. The van der Waals surface area contributed by atoms with Gasteiger partial charge in [0.25, 0.3) is 0 Å². The topological polar surface area (TPSA) is 99.8 Å². The van der Waals surface area contributed by atoms with Crippen LogP contribution in [0.3, 0.4) is 0 Å². The Kier molecular flexibility index (Phi) is 9.14. The molecule has 4 amide bonds. The average Bonchev–Trinajstić information content (AvgIpc) is 2.61. The fraction of sp³-hybridized carbons (Fsp3) is 0.500. The normalized spacial score (nSPS) is 11.6. The smallest absolute Gasteiger partial charge is 0.321 e. The van der Waals surface area contributed by atoms with Crippen LogP contribution in [-0.4, -0.2) is 55.5 Å². The molecule has 0 aliphatic heterocycles. The summed E-state index contributed by atoms with van der Waals surface area (Å²) in [5, 5.41) is 7.68. The van der Waals surface area contributed by atoms with E-state index >= 15 is 0 Å². The summed E-state index contributed by atoms with van der Waals surface area (Å²) < 4.78 is 5.19. The quantitative estimate of drug-likeness (QED) is 0.618. The van der Waals surface area contributed by atoms with E-state index in [1.54, 1.807) is 23.1 Å². The number of carbonyl (C=O) groups is 3. The van der Waals surface area contributed by atoms with E-state index in [0.29, 0.717) is 18.0 Å². The van der Waals surface area contributed by atoms with E-state index in [1.165, 1.54) is 7.11 Å². The first kappa shape index (κ1) is 21.4. The van der Waals surface area contributed by atoms with E-state index < -0.39 is 11.9 Å². The summed E-state index contributed by atoms with van der Waals surface area (Å²) in [5.41, 5.74) is 0.563. The molecule has 1 rings (SSSR count). The number of para-hydroxylation sites is 2. The van der Waals surface area contributed by atoms with Crippen molar-refractivity contribution in [3.8, 4) is 5.75 Å². The number of carbonyl (C=O) groups excluding carboxylic acids is 3. The van der Waals surface area contributed by atoms with Crippen LogP contribution >= 0.6 is 0 Å². The third-order valence-corrected chi connectivity index (χ3v) is 3.81. The number of imide groups is 1. The molecule has 0 heterocycles. The lowest BCUT2D eigenvalue weighted by Gasteiger charge is -2.20. The summed E-state index contributed by atoms with van der Waals surface area (Å²) >= 11 is 0. The molecule has 0 radical (unpaired) electrons. The number of nitrogens with one attached hydrogen (secondary N) is 3. The van der Waals surface area contributed by atoms with Gasteiger partial charge in [-0.1, -0.05) is 26.0 Å². The third kappa shape index (κ3) is 7.52. The minimum atomic E-state index is -0.529. The van der Waals surface area contributed by atoms with Gasteiger partial charge in [0.1, 0.15) is 5.75 Å². The molecule has 0 saturated heterocycles. The highest BCUT2D eigenvalue weighted by atomic mass is 16.5. The predicted molar refractivity (Wildman–Crippen MR) is 100 cm³/mol. The highest BCUT2D eigenvalue weighted by molar-refractivity contribution is 5.96. The molecule has 1 aromatic rings. The molecule has 0 unspecified atom stereocenters. The summed E-state index contributed by atoms with van der Waals surface area (Å²) in [5.74, 6) is -0.172. The first-order valence-electron chi connectivity index (χ1n) is 8.65. The molecule has 1 aromatic carbocycles. The fourth-order valence-electron chi connectivity index (χ4n) is 2.15. The molecule has 0 saturated carbocycles. The molecule has 0 aliphatic rings. The van der Waals surface area contributed by atoms with Crippen LogP contribution in [0.25, 0.3) is 0 Å². The molecule has 26 heavy (non-hydrogen) atoms. The Bertz CT molecular complexity index is 621. The number of ether oxygens (including phenoxy) is 1. The largest absolute Gasteiger partial charge is 0.495 e. The fourth-order valence-corrected chi connectivity index (χ4v) is 2.15. The minimum Gasteiger partial charge on any atom is -0.495 e. The standard InChI is InChI=1S/C18H28N4O4/c1-5-13(3)19-18(25)21-17(24)12-22(6-2)11-16(23)20-14-9-7-8-10-15(14)26-4/h7-10,13H,5-6,11-12H2,1-4H3,(H,20,23)(H2,19,21,24,25)/t13-/m0/s1. The van der Waals surface area contributed by atoms with Crippen LogP contribution in [0, 0.1) is 0 Å². The van der Waals surface area contributed by atoms with E-state index in [2.05, 4.69) is 16.0 Å². The van der Waals surface area contributed by atoms with Crippen molar-refractivity contribution >= 4 is 23.5 Å². The van der Waals surface area contributed by atoms with Crippen molar-refractivity contribution in [2.75, 3.05) is 32.1 Å². The Hall–Kier alpha value is -2.61. The van der Waals surface area contributed by atoms with Gasteiger partial charge in [-0.25, -0.2) is 4.79 Å². The molecule has 8 heteroatoms. The molecule has 0 aromatic heterocycles. The molecular weight excluding hydrogens is 336 g/mol. The van der Waals surface area contributed by atoms with Crippen molar-refractivity contribution in [3.05, 3.63) is 24.3 Å². The number of rotatable bonds is 9. The van der Waals surface area contributed by atoms with E-state index in [-0.39, 0.29) is 25.0 Å². The highest BCUT2D eigenvalue weighted by Crippen LogP contribution is 2.22. The Labute approximate surface area is 154 Å². The van der Waals surface area contributed by atoms with Crippen LogP contribution in [0.15, 0.2) is 24.3 Å². The highest BCUT2D eigenvalue weighted by Gasteiger charge is 2.16. The Morgan fingerprint density at radius 2 is 1.77 bits per heavy atom. The van der Waals surface area contributed by atoms with Crippen LogP contribution in [0.1, 0.15) is 27.2 Å². The molecule has 3 N–H and O–H groups in total. The number of nitrogens with zero attached hydrogens (tertiary/aromatic N) is 1. The van der Waals surface area contributed by atoms with Gasteiger partial charge in [-0.3, -0.25) is 19.8 Å². The lowest BCUT2D eigenvalue weighted by atomic mass is 10.3. The van der Waals surface area contributed by atoms with Gasteiger partial charge in [0.2, 0.25) is 11.8 Å². The van der Waals surface area contributed by atoms with Crippen molar-refractivity contribution in [1.82, 2.24) is 15.5 Å². The summed E-state index contributed by atoms with van der Waals surface area (Å²) in [6, 6.07) is 6.53. The van der Waals surface area contributed by atoms with Crippen LogP contribution in [-0.2, 0) is 9.59 Å². The second-order valence-electron chi connectivity index (χ2n) is 5.88. The van der Waals surface area contributed by atoms with E-state index in [9.17, 15) is 14.4 Å². The maximum absolute atomic E-state index is 12.2. The lowest BCUT2D eigenvalue weighted by molar-refractivity contribution is -0.122. The van der Waals surface area contributed by atoms with Crippen molar-refractivity contribution in [3.63, 3.8) is 0 Å². The molecule has 1 atom stereocenters. The van der Waals surface area contributed by atoms with Gasteiger partial charge < -0.3 is 15.4 Å². The first-order valence-corrected chi connectivity index (χ1v) is 8.65. The number of urea groups is 1. The van der Waals surface area contributed by atoms with E-state index in [0.717, 1.165) is 6.42 Å². The van der Waals surface area contributed by atoms with Crippen molar-refractivity contribution in [2.45, 2.75) is 33.2 Å². The summed E-state index contributed by atoms with van der Waals surface area (Å²) in [7, 11) is 1.53. The molecule has 0 fully saturated rings. The van der Waals surface area contributed by atoms with Gasteiger partial charge in [0, 0.05) is 6.04 Å². The zero-order chi connectivity index (χ0) is 19.5. The van der Waals surface area contributed by atoms with Crippen LogP contribution in [0.5, 0.6) is 5.75 Å². The third-order valence-electron chi connectivity index (χ3n) is 3.81. The van der Waals surface area contributed by atoms with Crippen LogP contribution in [0.2, 0.25) is 0 Å². The number of anilines is 1. The SMILES string of the molecule is CC[C@H](C)NC(=O)NC(=O)CN(CC)CC(=O)Nc1ccccc1OC. The number of hydrogen-bond acceptors (Lipinski definition) is 5. The summed E-state index contributed by atoms with van der Waals surface area (Å²) in [6.07, 6.45) is 0.770. The number of methoxy groups -OCH3 is 1. The molecule has 0 spiro atoms. The number of likely N-dealkylation sites (N-methyl/N-ethyl adjacent to an activating group) is 1. The van der Waals surface area contributed by atoms with Gasteiger partial charge in [0.05, 0.1) is 25.9 Å². The Morgan fingerprint density at radius 3 is 2.38 bits per heavy atom. The van der Waals surface area contributed by atoms with Gasteiger partial charge in [-0.05, 0) is 32.0 Å². The van der Waals surface area contributed by atoms with Gasteiger partial charge in [-0.15, -0.1) is 0 Å². The van der Waals surface area contributed by atoms with Crippen LogP contribution in [0.4, 0.5) is 10.5 Å². The van der Waals surface area contributed by atoms with Gasteiger partial charge >= 0.3 is 6.03 Å². The van der Waals surface area contributed by atoms with Crippen molar-refractivity contribution in [1.29, 1.82) is 0 Å². The average molecular weight is 364 g/mol. The van der Waals surface area contributed by atoms with Crippen molar-refractivity contribution < 1.29 is 19.1 Å². The van der Waals surface area contributed by atoms with Gasteiger partial charge in [-0.2, -0.15) is 0 Å². The van der Waals surface area contributed by atoms with E-state index in [1.807, 2.05) is 26.8 Å². The molecule has 0 bridgehead atoms. The summed E-state index contributed by atoms with van der Waals surface area (Å²) in [4.78, 5) is 37.5. The molecule has 144 valence electrons. The van der Waals surface area contributed by atoms with Crippen LogP contribution < -0.4 is 20.7 Å². The maximum Gasteiger partial charge on any atom is 0.321 e. The monoisotopic (exact) mass is 364 g/mol. The van der Waals surface area contributed by atoms with Gasteiger partial charge in [0.15, 0.2) is 0 Å². The predicted octanol–water partition coefficient (Wildman–Crippen LogP) is 1.58. The maximum atomic E-state index is 12.2. The Balaban J connectivity index is 2.51. The number of amides is 4. The zero-order valence-corrected chi connectivity index (χ0v) is 15.8. The second-order valence-corrected chi connectivity index (χ2v) is 5.88. The summed E-state index contributed by atoms with van der Waals surface area (Å²) in [6.45, 7) is 6.08. The molecule has 0 aliphatic carbocycles. The Morgan fingerprint density at radius 1 is 1.12 bits per heavy atom. The number of hydrogen-bond donors (Lipinski definition) is 3. The molecular formula is C18H28N4O4. The first-order chi connectivity index (χ1) is 12.4. The minimum absolute atomic E-state index is 0.0169. The van der Waals surface area contributed by atoms with Crippen molar-refractivity contribution in [2.24, 2.45) is 0 Å². The number of benzene rings is 1. The van der Waals surface area contributed by atoms with E-state index in [4.69, 9.17) is 4.74 Å². The lowest BCUT2D eigenvalue weighted by Crippen LogP contribution is -2.47. The second kappa shape index (κ2) is 11.1.